The minimum atomic E-state index is -0.620. The van der Waals surface area contributed by atoms with Crippen molar-refractivity contribution < 1.29 is 14.3 Å². The molecule has 7 nitrogen and oxygen atoms in total. The van der Waals surface area contributed by atoms with Crippen LogP contribution >= 0.6 is 0 Å². The van der Waals surface area contributed by atoms with Crippen molar-refractivity contribution in [1.29, 1.82) is 0 Å². The lowest BCUT2D eigenvalue weighted by atomic mass is 9.91. The summed E-state index contributed by atoms with van der Waals surface area (Å²) in [5, 5.41) is 8.32. The van der Waals surface area contributed by atoms with E-state index < -0.39 is 5.91 Å². The summed E-state index contributed by atoms with van der Waals surface area (Å²) in [7, 11) is 0. The number of hydrogen-bond donors (Lipinski definition) is 1. The number of nitrogens with zero attached hydrogens (tertiary/aromatic N) is 3. The zero-order chi connectivity index (χ0) is 16.7. The molecule has 0 bridgehead atoms. The molecule has 7 heteroatoms. The topological polar surface area (TPSA) is 98.4 Å². The van der Waals surface area contributed by atoms with Crippen LogP contribution in [0.2, 0.25) is 0 Å². The first-order chi connectivity index (χ1) is 11.0. The molecule has 1 aliphatic heterocycles. The minimum Gasteiger partial charge on any atom is -0.456 e. The Hall–Kier alpha value is -2.18. The lowest BCUT2D eigenvalue weighted by Crippen LogP contribution is -2.34. The van der Waals surface area contributed by atoms with Crippen molar-refractivity contribution in [2.45, 2.75) is 39.0 Å². The maximum atomic E-state index is 11.4. The molecular weight excluding hydrogens is 296 g/mol. The van der Waals surface area contributed by atoms with Crippen LogP contribution in [0.25, 0.3) is 0 Å². The molecule has 1 fully saturated rings. The largest absolute Gasteiger partial charge is 0.456 e. The summed E-state index contributed by atoms with van der Waals surface area (Å²) in [4.78, 5) is 24.2. The van der Waals surface area contributed by atoms with Crippen molar-refractivity contribution in [3.8, 4) is 0 Å². The second-order valence-electron chi connectivity index (χ2n) is 5.98. The highest BCUT2D eigenvalue weighted by Crippen LogP contribution is 2.25. The Morgan fingerprint density at radius 3 is 2.65 bits per heavy atom. The molecule has 0 radical (unpaired) electrons. The molecule has 0 saturated carbocycles. The number of rotatable bonds is 7. The molecule has 0 atom stereocenters. The number of piperidine rings is 1. The van der Waals surface area contributed by atoms with E-state index in [-0.39, 0.29) is 12.6 Å². The van der Waals surface area contributed by atoms with Gasteiger partial charge in [-0.3, -0.25) is 9.59 Å². The average Bonchev–Trinajstić information content (AvgIpc) is 2.54. The highest BCUT2D eigenvalue weighted by Gasteiger charge is 2.20. The molecule has 2 rings (SSSR count). The van der Waals surface area contributed by atoms with Crippen molar-refractivity contribution in [1.82, 2.24) is 10.2 Å². The summed E-state index contributed by atoms with van der Waals surface area (Å²) in [6.07, 6.45) is 4.31. The Morgan fingerprint density at radius 1 is 1.30 bits per heavy atom. The standard InChI is InChI=1S/C16H24N4O3/c1-12-5-6-15(19-18-12)20-9-7-13(8-10-20)3-2-4-16(22)23-11-14(17)21/h5-6,13H,2-4,7-11H2,1H3,(H2,17,21). The van der Waals surface area contributed by atoms with E-state index in [9.17, 15) is 9.59 Å². The summed E-state index contributed by atoms with van der Waals surface area (Å²) >= 11 is 0. The number of primary amides is 1. The Bertz CT molecular complexity index is 525. The van der Waals surface area contributed by atoms with Crippen LogP contribution in [-0.2, 0) is 14.3 Å². The van der Waals surface area contributed by atoms with Gasteiger partial charge in [0.1, 0.15) is 0 Å². The number of amides is 1. The smallest absolute Gasteiger partial charge is 0.306 e. The highest BCUT2D eigenvalue weighted by molar-refractivity contribution is 5.78. The SMILES string of the molecule is Cc1ccc(N2CCC(CCCC(=O)OCC(N)=O)CC2)nn1. The molecule has 2 N–H and O–H groups in total. The van der Waals surface area contributed by atoms with Gasteiger partial charge in [-0.1, -0.05) is 0 Å². The van der Waals surface area contributed by atoms with Gasteiger partial charge in [0, 0.05) is 19.5 Å². The molecule has 0 aromatic carbocycles. The summed E-state index contributed by atoms with van der Waals surface area (Å²) in [6, 6.07) is 3.99. The molecule has 0 unspecified atom stereocenters. The summed E-state index contributed by atoms with van der Waals surface area (Å²) in [5.74, 6) is 0.582. The first-order valence-electron chi connectivity index (χ1n) is 8.04. The van der Waals surface area contributed by atoms with Gasteiger partial charge >= 0.3 is 5.97 Å². The van der Waals surface area contributed by atoms with Crippen LogP contribution in [0, 0.1) is 12.8 Å². The van der Waals surface area contributed by atoms with Crippen LogP contribution in [0.3, 0.4) is 0 Å². The van der Waals surface area contributed by atoms with Crippen molar-refractivity contribution in [3.63, 3.8) is 0 Å². The number of carbonyl (C=O) groups is 2. The number of nitrogens with two attached hydrogens (primary N) is 1. The Kier molecular flexibility index (Phi) is 6.31. The first kappa shape index (κ1) is 17.2. The lowest BCUT2D eigenvalue weighted by Gasteiger charge is -2.32. The van der Waals surface area contributed by atoms with E-state index in [1.807, 2.05) is 19.1 Å². The number of esters is 1. The van der Waals surface area contributed by atoms with Gasteiger partial charge in [-0.25, -0.2) is 0 Å². The second kappa shape index (κ2) is 8.45. The van der Waals surface area contributed by atoms with Crippen LogP contribution in [0.1, 0.15) is 37.8 Å². The molecule has 0 aliphatic carbocycles. The molecule has 0 spiro atoms. The van der Waals surface area contributed by atoms with Crippen LogP contribution in [0.4, 0.5) is 5.82 Å². The van der Waals surface area contributed by atoms with Gasteiger partial charge < -0.3 is 15.4 Å². The molecule has 1 aromatic heterocycles. The third kappa shape index (κ3) is 5.84. The van der Waals surface area contributed by atoms with Gasteiger partial charge in [0.15, 0.2) is 12.4 Å². The van der Waals surface area contributed by atoms with E-state index >= 15 is 0 Å². The predicted octanol–water partition coefficient (Wildman–Crippen LogP) is 1.20. The molecule has 126 valence electrons. The van der Waals surface area contributed by atoms with E-state index in [2.05, 4.69) is 15.1 Å². The highest BCUT2D eigenvalue weighted by atomic mass is 16.5. The molecule has 1 saturated heterocycles. The normalized spacial score (nSPS) is 15.4. The maximum Gasteiger partial charge on any atom is 0.306 e. The van der Waals surface area contributed by atoms with Crippen molar-refractivity contribution in [2.24, 2.45) is 11.7 Å². The number of hydrogen-bond acceptors (Lipinski definition) is 6. The fraction of sp³-hybridized carbons (Fsp3) is 0.625. The van der Waals surface area contributed by atoms with Crippen molar-refractivity contribution in [3.05, 3.63) is 17.8 Å². The number of aryl methyl sites for hydroxylation is 1. The van der Waals surface area contributed by atoms with Crippen LogP contribution in [0.15, 0.2) is 12.1 Å². The number of aromatic nitrogens is 2. The molecule has 1 aromatic rings. The van der Waals surface area contributed by atoms with E-state index in [1.165, 1.54) is 0 Å². The van der Waals surface area contributed by atoms with Gasteiger partial charge in [0.05, 0.1) is 5.69 Å². The van der Waals surface area contributed by atoms with E-state index in [4.69, 9.17) is 10.5 Å². The van der Waals surface area contributed by atoms with E-state index in [0.29, 0.717) is 12.3 Å². The fourth-order valence-corrected chi connectivity index (χ4v) is 2.77. The quantitative estimate of drug-likeness (QED) is 0.758. The van der Waals surface area contributed by atoms with Gasteiger partial charge in [-0.15, -0.1) is 5.10 Å². The maximum absolute atomic E-state index is 11.4. The Labute approximate surface area is 136 Å². The third-order valence-corrected chi connectivity index (χ3v) is 4.09. The summed E-state index contributed by atoms with van der Waals surface area (Å²) < 4.78 is 4.74. The number of ether oxygens (including phenoxy) is 1. The third-order valence-electron chi connectivity index (χ3n) is 4.09. The molecule has 1 amide bonds. The second-order valence-corrected chi connectivity index (χ2v) is 5.98. The summed E-state index contributed by atoms with van der Waals surface area (Å²) in [6.45, 7) is 3.54. The van der Waals surface area contributed by atoms with E-state index in [0.717, 1.165) is 50.3 Å². The van der Waals surface area contributed by atoms with Gasteiger partial charge in [-0.05, 0) is 50.7 Å². The summed E-state index contributed by atoms with van der Waals surface area (Å²) in [5.41, 5.74) is 5.85. The Balaban J connectivity index is 1.64. The predicted molar refractivity (Wildman–Crippen MR) is 85.7 cm³/mol. The van der Waals surface area contributed by atoms with Crippen molar-refractivity contribution >= 4 is 17.7 Å². The van der Waals surface area contributed by atoms with Crippen LogP contribution in [-0.4, -0.2) is 41.8 Å². The fourth-order valence-electron chi connectivity index (χ4n) is 2.77. The minimum absolute atomic E-state index is 0.325. The van der Waals surface area contributed by atoms with Crippen LogP contribution < -0.4 is 10.6 Å². The van der Waals surface area contributed by atoms with Gasteiger partial charge in [0.25, 0.3) is 5.91 Å². The molecule has 1 aliphatic rings. The Morgan fingerprint density at radius 2 is 2.04 bits per heavy atom. The van der Waals surface area contributed by atoms with Crippen LogP contribution in [0.5, 0.6) is 0 Å². The molecule has 23 heavy (non-hydrogen) atoms. The van der Waals surface area contributed by atoms with E-state index in [1.54, 1.807) is 0 Å². The van der Waals surface area contributed by atoms with Crippen molar-refractivity contribution in [2.75, 3.05) is 24.6 Å². The van der Waals surface area contributed by atoms with Gasteiger partial charge in [0.2, 0.25) is 0 Å². The average molecular weight is 320 g/mol. The van der Waals surface area contributed by atoms with Gasteiger partial charge in [-0.2, -0.15) is 5.10 Å². The lowest BCUT2D eigenvalue weighted by molar-refractivity contribution is -0.147. The molecule has 2 heterocycles. The molecular formula is C16H24N4O3. The zero-order valence-corrected chi connectivity index (χ0v) is 13.5. The monoisotopic (exact) mass is 320 g/mol. The zero-order valence-electron chi connectivity index (χ0n) is 13.5. The first-order valence-corrected chi connectivity index (χ1v) is 8.04. The number of anilines is 1. The number of carbonyl (C=O) groups excluding carboxylic acids is 2.